The van der Waals surface area contributed by atoms with Crippen molar-refractivity contribution in [3.8, 4) is 0 Å². The molecule has 0 amide bonds. The molecule has 1 aromatic rings. The molecule has 0 fully saturated rings. The van der Waals surface area contributed by atoms with Gasteiger partial charge in [0.05, 0.1) is 0 Å². The minimum Gasteiger partial charge on any atom is -0.356 e. The molecule has 1 aromatic heterocycles. The molecule has 0 aromatic carbocycles. The second-order valence-electron chi connectivity index (χ2n) is 5.23. The van der Waals surface area contributed by atoms with E-state index in [4.69, 9.17) is 0 Å². The van der Waals surface area contributed by atoms with E-state index in [0.29, 0.717) is 6.04 Å². The molecule has 0 saturated carbocycles. The van der Waals surface area contributed by atoms with E-state index < -0.39 is 0 Å². The first-order valence-corrected chi connectivity index (χ1v) is 7.72. The highest BCUT2D eigenvalue weighted by Gasteiger charge is 2.06. The van der Waals surface area contributed by atoms with Gasteiger partial charge in [0.25, 0.3) is 0 Å². The molecule has 0 spiro atoms. The fourth-order valence-electron chi connectivity index (χ4n) is 1.96. The maximum absolute atomic E-state index is 4.31. The number of hydrogen-bond acceptors (Lipinski definition) is 3. The first-order chi connectivity index (χ1) is 10.2. The van der Waals surface area contributed by atoms with E-state index >= 15 is 0 Å². The topological polar surface area (TPSA) is 52.5 Å². The molecule has 2 N–H and O–H groups in total. The fraction of sp³-hybridized carbons (Fsp3) is 0.625. The Kier molecular flexibility index (Phi) is 8.43. The van der Waals surface area contributed by atoms with Gasteiger partial charge in [-0.2, -0.15) is 0 Å². The van der Waals surface area contributed by atoms with Gasteiger partial charge in [-0.05, 0) is 32.5 Å². The molecule has 1 atom stereocenters. The monoisotopic (exact) mass is 291 g/mol. The van der Waals surface area contributed by atoms with Gasteiger partial charge in [-0.3, -0.25) is 9.98 Å². The lowest BCUT2D eigenvalue weighted by Crippen LogP contribution is -2.42. The Hall–Kier alpha value is -1.62. The van der Waals surface area contributed by atoms with Gasteiger partial charge in [-0.15, -0.1) is 0 Å². The van der Waals surface area contributed by atoms with Gasteiger partial charge >= 0.3 is 0 Å². The maximum Gasteiger partial charge on any atom is 0.191 e. The standard InChI is InChI=1S/C16H29N5/c1-5-14(2)21(4)13-12-20-16(17-3)19-11-9-15-8-6-7-10-18-15/h6-8,10,14H,5,9,11-13H2,1-4H3,(H2,17,19,20). The highest BCUT2D eigenvalue weighted by molar-refractivity contribution is 5.79. The molecule has 21 heavy (non-hydrogen) atoms. The molecule has 1 rings (SSSR count). The minimum atomic E-state index is 0.617. The van der Waals surface area contributed by atoms with Gasteiger partial charge in [-0.1, -0.05) is 13.0 Å². The minimum absolute atomic E-state index is 0.617. The largest absolute Gasteiger partial charge is 0.356 e. The van der Waals surface area contributed by atoms with Crippen molar-refractivity contribution in [1.29, 1.82) is 0 Å². The molecular formula is C16H29N5. The summed E-state index contributed by atoms with van der Waals surface area (Å²) in [5.74, 6) is 0.850. The van der Waals surface area contributed by atoms with Crippen molar-refractivity contribution in [2.24, 2.45) is 4.99 Å². The molecule has 1 unspecified atom stereocenters. The first kappa shape index (κ1) is 17.4. The predicted molar refractivity (Wildman–Crippen MR) is 89.7 cm³/mol. The Balaban J connectivity index is 2.20. The van der Waals surface area contributed by atoms with Gasteiger partial charge in [0.2, 0.25) is 0 Å². The quantitative estimate of drug-likeness (QED) is 0.563. The van der Waals surface area contributed by atoms with Crippen molar-refractivity contribution in [1.82, 2.24) is 20.5 Å². The normalized spacial score (nSPS) is 13.3. The lowest BCUT2D eigenvalue weighted by atomic mass is 10.2. The maximum atomic E-state index is 4.31. The van der Waals surface area contributed by atoms with Crippen LogP contribution in [-0.4, -0.2) is 55.6 Å². The zero-order valence-electron chi connectivity index (χ0n) is 13.8. The van der Waals surface area contributed by atoms with Gasteiger partial charge in [0, 0.05) is 51.0 Å². The number of nitrogens with zero attached hydrogens (tertiary/aromatic N) is 3. The average Bonchev–Trinajstić information content (AvgIpc) is 2.53. The lowest BCUT2D eigenvalue weighted by Gasteiger charge is -2.23. The van der Waals surface area contributed by atoms with Crippen LogP contribution in [0, 0.1) is 0 Å². The summed E-state index contributed by atoms with van der Waals surface area (Å²) < 4.78 is 0. The first-order valence-electron chi connectivity index (χ1n) is 7.72. The van der Waals surface area contributed by atoms with Crippen LogP contribution in [0.1, 0.15) is 26.0 Å². The third kappa shape index (κ3) is 7.09. The van der Waals surface area contributed by atoms with Crippen molar-refractivity contribution < 1.29 is 0 Å². The Bertz CT molecular complexity index is 404. The molecule has 5 heteroatoms. The Morgan fingerprint density at radius 1 is 1.33 bits per heavy atom. The summed E-state index contributed by atoms with van der Waals surface area (Å²) >= 11 is 0. The van der Waals surface area contributed by atoms with E-state index in [9.17, 15) is 0 Å². The number of aliphatic imine (C=N–C) groups is 1. The molecule has 0 saturated heterocycles. The summed E-state index contributed by atoms with van der Waals surface area (Å²) in [6.45, 7) is 7.20. The van der Waals surface area contributed by atoms with Crippen LogP contribution in [0.3, 0.4) is 0 Å². The van der Waals surface area contributed by atoms with Crippen molar-refractivity contribution >= 4 is 5.96 Å². The van der Waals surface area contributed by atoms with Crippen molar-refractivity contribution in [2.75, 3.05) is 33.7 Å². The zero-order valence-corrected chi connectivity index (χ0v) is 13.8. The van der Waals surface area contributed by atoms with Crippen molar-refractivity contribution in [3.05, 3.63) is 30.1 Å². The van der Waals surface area contributed by atoms with Gasteiger partial charge in [0.1, 0.15) is 0 Å². The van der Waals surface area contributed by atoms with E-state index in [1.165, 1.54) is 6.42 Å². The number of rotatable bonds is 8. The van der Waals surface area contributed by atoms with E-state index in [-0.39, 0.29) is 0 Å². The smallest absolute Gasteiger partial charge is 0.191 e. The average molecular weight is 291 g/mol. The van der Waals surface area contributed by atoms with E-state index in [0.717, 1.165) is 37.7 Å². The summed E-state index contributed by atoms with van der Waals surface area (Å²) in [6, 6.07) is 6.61. The second-order valence-corrected chi connectivity index (χ2v) is 5.23. The van der Waals surface area contributed by atoms with Crippen LogP contribution in [0.25, 0.3) is 0 Å². The molecule has 1 heterocycles. The van der Waals surface area contributed by atoms with Crippen LogP contribution < -0.4 is 10.6 Å². The van der Waals surface area contributed by atoms with Gasteiger partial charge in [0.15, 0.2) is 5.96 Å². The Morgan fingerprint density at radius 2 is 2.10 bits per heavy atom. The van der Waals surface area contributed by atoms with Crippen LogP contribution in [0.15, 0.2) is 29.4 Å². The van der Waals surface area contributed by atoms with Crippen LogP contribution in [-0.2, 0) is 6.42 Å². The molecule has 0 aliphatic carbocycles. The number of hydrogen-bond donors (Lipinski definition) is 2. The van der Waals surface area contributed by atoms with Gasteiger partial charge in [-0.25, -0.2) is 0 Å². The third-order valence-corrected chi connectivity index (χ3v) is 3.72. The molecule has 118 valence electrons. The van der Waals surface area contributed by atoms with Gasteiger partial charge < -0.3 is 15.5 Å². The zero-order chi connectivity index (χ0) is 15.5. The fourth-order valence-corrected chi connectivity index (χ4v) is 1.96. The van der Waals surface area contributed by atoms with Crippen molar-refractivity contribution in [2.45, 2.75) is 32.7 Å². The SMILES string of the molecule is CCC(C)N(C)CCNC(=NC)NCCc1ccccn1. The molecule has 0 bridgehead atoms. The summed E-state index contributed by atoms with van der Waals surface area (Å²) in [6.07, 6.45) is 3.90. The summed E-state index contributed by atoms with van der Waals surface area (Å²) in [7, 11) is 3.96. The highest BCUT2D eigenvalue weighted by atomic mass is 15.2. The number of aromatic nitrogens is 1. The Labute approximate surface area is 128 Å². The van der Waals surface area contributed by atoms with Crippen LogP contribution in [0.4, 0.5) is 0 Å². The Morgan fingerprint density at radius 3 is 2.71 bits per heavy atom. The van der Waals surface area contributed by atoms with E-state index in [2.05, 4.69) is 46.4 Å². The summed E-state index contributed by atoms with van der Waals surface area (Å²) in [5.41, 5.74) is 1.09. The molecule has 0 aliphatic heterocycles. The molecule has 0 radical (unpaired) electrons. The predicted octanol–water partition coefficient (Wildman–Crippen LogP) is 1.52. The molecule has 5 nitrogen and oxygen atoms in total. The number of likely N-dealkylation sites (N-methyl/N-ethyl adjacent to an activating group) is 1. The van der Waals surface area contributed by atoms with Crippen LogP contribution in [0.2, 0.25) is 0 Å². The summed E-state index contributed by atoms with van der Waals surface area (Å²) in [4.78, 5) is 10.9. The second kappa shape index (κ2) is 10.2. The van der Waals surface area contributed by atoms with E-state index in [1.54, 1.807) is 7.05 Å². The number of nitrogens with one attached hydrogen (secondary N) is 2. The summed E-state index contributed by atoms with van der Waals surface area (Å²) in [5, 5.41) is 6.66. The van der Waals surface area contributed by atoms with Crippen molar-refractivity contribution in [3.63, 3.8) is 0 Å². The molecule has 0 aliphatic rings. The van der Waals surface area contributed by atoms with Crippen LogP contribution in [0.5, 0.6) is 0 Å². The number of pyridine rings is 1. The molecular weight excluding hydrogens is 262 g/mol. The van der Waals surface area contributed by atoms with E-state index in [1.807, 2.05) is 24.4 Å². The lowest BCUT2D eigenvalue weighted by molar-refractivity contribution is 0.255. The van der Waals surface area contributed by atoms with Crippen LogP contribution >= 0.6 is 0 Å². The highest BCUT2D eigenvalue weighted by Crippen LogP contribution is 1.98. The third-order valence-electron chi connectivity index (χ3n) is 3.72. The number of guanidine groups is 1.